The molecule has 0 saturated heterocycles. The molecule has 1 N–H and O–H groups in total. The van der Waals surface area contributed by atoms with Crippen LogP contribution in [0.3, 0.4) is 0 Å². The third-order valence-corrected chi connectivity index (χ3v) is 3.50. The summed E-state index contributed by atoms with van der Waals surface area (Å²) in [5, 5.41) is 10.1. The predicted molar refractivity (Wildman–Crippen MR) is 64.8 cm³/mol. The monoisotopic (exact) mass is 220 g/mol. The molecule has 0 unspecified atom stereocenters. The molecule has 0 aromatic heterocycles. The SMILES string of the molecule is COCc1cc(C)c(O)c(C2CCCC2)c1. The minimum absolute atomic E-state index is 0.492. The molecule has 1 aromatic rings. The maximum atomic E-state index is 10.1. The number of hydrogen-bond acceptors (Lipinski definition) is 2. The Morgan fingerprint density at radius 2 is 2.00 bits per heavy atom. The molecule has 1 fully saturated rings. The van der Waals surface area contributed by atoms with E-state index >= 15 is 0 Å². The van der Waals surface area contributed by atoms with E-state index in [-0.39, 0.29) is 0 Å². The van der Waals surface area contributed by atoms with Gasteiger partial charge in [-0.1, -0.05) is 18.9 Å². The van der Waals surface area contributed by atoms with Crippen molar-refractivity contribution in [2.75, 3.05) is 7.11 Å². The molecule has 0 radical (unpaired) electrons. The summed E-state index contributed by atoms with van der Waals surface area (Å²) >= 11 is 0. The fourth-order valence-electron chi connectivity index (χ4n) is 2.68. The van der Waals surface area contributed by atoms with Crippen LogP contribution >= 0.6 is 0 Å². The van der Waals surface area contributed by atoms with Gasteiger partial charge in [-0.2, -0.15) is 0 Å². The molecule has 2 rings (SSSR count). The van der Waals surface area contributed by atoms with E-state index in [9.17, 15) is 5.11 Å². The molecule has 16 heavy (non-hydrogen) atoms. The van der Waals surface area contributed by atoms with Crippen LogP contribution in [0.1, 0.15) is 48.3 Å². The zero-order valence-corrected chi connectivity index (χ0v) is 10.1. The lowest BCUT2D eigenvalue weighted by Crippen LogP contribution is -1.98. The van der Waals surface area contributed by atoms with E-state index in [1.807, 2.05) is 13.0 Å². The second kappa shape index (κ2) is 4.88. The largest absolute Gasteiger partial charge is 0.507 e. The zero-order valence-electron chi connectivity index (χ0n) is 10.1. The fourth-order valence-corrected chi connectivity index (χ4v) is 2.68. The number of aromatic hydroxyl groups is 1. The summed E-state index contributed by atoms with van der Waals surface area (Å²) in [6.45, 7) is 2.59. The van der Waals surface area contributed by atoms with Crippen LogP contribution in [0.25, 0.3) is 0 Å². The number of benzene rings is 1. The number of phenols is 1. The third kappa shape index (κ3) is 2.22. The van der Waals surface area contributed by atoms with E-state index in [0.717, 1.165) is 11.1 Å². The first-order valence-corrected chi connectivity index (χ1v) is 6.03. The summed E-state index contributed by atoms with van der Waals surface area (Å²) in [6, 6.07) is 4.12. The Balaban J connectivity index is 2.33. The number of hydrogen-bond donors (Lipinski definition) is 1. The molecule has 1 aromatic carbocycles. The molecule has 2 nitrogen and oxygen atoms in total. The van der Waals surface area contributed by atoms with Gasteiger partial charge in [0.15, 0.2) is 0 Å². The summed E-state index contributed by atoms with van der Waals surface area (Å²) in [5.41, 5.74) is 3.26. The van der Waals surface area contributed by atoms with Crippen LogP contribution in [0, 0.1) is 6.92 Å². The van der Waals surface area contributed by atoms with E-state index in [1.54, 1.807) is 7.11 Å². The van der Waals surface area contributed by atoms with Gasteiger partial charge in [-0.3, -0.25) is 0 Å². The molecule has 1 saturated carbocycles. The molecule has 1 aliphatic carbocycles. The van der Waals surface area contributed by atoms with Gasteiger partial charge in [-0.15, -0.1) is 0 Å². The van der Waals surface area contributed by atoms with Gasteiger partial charge < -0.3 is 9.84 Å². The highest BCUT2D eigenvalue weighted by Gasteiger charge is 2.21. The molecule has 0 atom stereocenters. The van der Waals surface area contributed by atoms with Crippen LogP contribution in [-0.4, -0.2) is 12.2 Å². The molecule has 1 aliphatic rings. The molecule has 88 valence electrons. The van der Waals surface area contributed by atoms with Gasteiger partial charge in [0.05, 0.1) is 6.61 Å². The van der Waals surface area contributed by atoms with Gasteiger partial charge in [-0.25, -0.2) is 0 Å². The zero-order chi connectivity index (χ0) is 11.5. The van der Waals surface area contributed by atoms with Gasteiger partial charge in [0.25, 0.3) is 0 Å². The Bertz CT molecular complexity index is 365. The van der Waals surface area contributed by atoms with Crippen molar-refractivity contribution >= 4 is 0 Å². The van der Waals surface area contributed by atoms with Gasteiger partial charge in [-0.05, 0) is 48.4 Å². The van der Waals surface area contributed by atoms with Crippen LogP contribution in [0.2, 0.25) is 0 Å². The Labute approximate surface area is 97.3 Å². The van der Waals surface area contributed by atoms with Crippen LogP contribution in [0.5, 0.6) is 5.75 Å². The number of rotatable bonds is 3. The van der Waals surface area contributed by atoms with E-state index in [1.165, 1.54) is 31.2 Å². The van der Waals surface area contributed by atoms with Crippen LogP contribution < -0.4 is 0 Å². The smallest absolute Gasteiger partial charge is 0.121 e. The number of methoxy groups -OCH3 is 1. The Hall–Kier alpha value is -1.02. The molecule has 0 spiro atoms. The highest BCUT2D eigenvalue weighted by atomic mass is 16.5. The molecular weight excluding hydrogens is 200 g/mol. The van der Waals surface area contributed by atoms with Crippen molar-refractivity contribution < 1.29 is 9.84 Å². The highest BCUT2D eigenvalue weighted by Crippen LogP contribution is 2.40. The lowest BCUT2D eigenvalue weighted by atomic mass is 9.93. The first-order valence-electron chi connectivity index (χ1n) is 6.03. The summed E-state index contributed by atoms with van der Waals surface area (Å²) in [6.07, 6.45) is 5.00. The average molecular weight is 220 g/mol. The van der Waals surface area contributed by atoms with E-state index < -0.39 is 0 Å². The standard InChI is InChI=1S/C14H20O2/c1-10-7-11(9-16-2)8-13(14(10)15)12-5-3-4-6-12/h7-8,12,15H,3-6,9H2,1-2H3. The normalized spacial score (nSPS) is 16.9. The maximum Gasteiger partial charge on any atom is 0.121 e. The van der Waals surface area contributed by atoms with Gasteiger partial charge in [0, 0.05) is 7.11 Å². The van der Waals surface area contributed by atoms with Crippen molar-refractivity contribution in [2.45, 2.75) is 45.1 Å². The molecule has 0 bridgehead atoms. The predicted octanol–water partition coefficient (Wildman–Crippen LogP) is 3.50. The van der Waals surface area contributed by atoms with Crippen molar-refractivity contribution in [1.82, 2.24) is 0 Å². The lowest BCUT2D eigenvalue weighted by molar-refractivity contribution is 0.184. The molecule has 2 heteroatoms. The van der Waals surface area contributed by atoms with Crippen molar-refractivity contribution in [1.29, 1.82) is 0 Å². The second-order valence-electron chi connectivity index (χ2n) is 4.76. The van der Waals surface area contributed by atoms with Crippen molar-refractivity contribution in [3.8, 4) is 5.75 Å². The third-order valence-electron chi connectivity index (χ3n) is 3.50. The lowest BCUT2D eigenvalue weighted by Gasteiger charge is -2.15. The topological polar surface area (TPSA) is 29.5 Å². The Morgan fingerprint density at radius 3 is 2.62 bits per heavy atom. The maximum absolute atomic E-state index is 10.1. The van der Waals surface area contributed by atoms with Gasteiger partial charge in [0.1, 0.15) is 5.75 Å². The molecule has 0 amide bonds. The number of phenolic OH excluding ortho intramolecular Hbond substituents is 1. The Kier molecular flexibility index (Phi) is 3.49. The highest BCUT2D eigenvalue weighted by molar-refractivity contribution is 5.45. The van der Waals surface area contributed by atoms with E-state index in [0.29, 0.717) is 18.3 Å². The summed E-state index contributed by atoms with van der Waals surface area (Å²) in [5.74, 6) is 1.04. The van der Waals surface area contributed by atoms with E-state index in [2.05, 4.69) is 6.07 Å². The minimum Gasteiger partial charge on any atom is -0.507 e. The molecule has 0 heterocycles. The Morgan fingerprint density at radius 1 is 1.31 bits per heavy atom. The van der Waals surface area contributed by atoms with Gasteiger partial charge >= 0.3 is 0 Å². The van der Waals surface area contributed by atoms with Crippen molar-refractivity contribution in [3.05, 3.63) is 28.8 Å². The molecular formula is C14H20O2. The van der Waals surface area contributed by atoms with Crippen LogP contribution in [-0.2, 0) is 11.3 Å². The average Bonchev–Trinajstić information content (AvgIpc) is 2.76. The summed E-state index contributed by atoms with van der Waals surface area (Å²) in [4.78, 5) is 0. The second-order valence-corrected chi connectivity index (χ2v) is 4.76. The first kappa shape index (κ1) is 11.5. The van der Waals surface area contributed by atoms with Crippen molar-refractivity contribution in [3.63, 3.8) is 0 Å². The number of ether oxygens (including phenoxy) is 1. The summed E-state index contributed by atoms with van der Waals surface area (Å²) in [7, 11) is 1.71. The van der Waals surface area contributed by atoms with Crippen LogP contribution in [0.15, 0.2) is 12.1 Å². The molecule has 0 aliphatic heterocycles. The number of aryl methyl sites for hydroxylation is 1. The van der Waals surface area contributed by atoms with Crippen LogP contribution in [0.4, 0.5) is 0 Å². The summed E-state index contributed by atoms with van der Waals surface area (Å²) < 4.78 is 5.16. The van der Waals surface area contributed by atoms with Crippen molar-refractivity contribution in [2.24, 2.45) is 0 Å². The van der Waals surface area contributed by atoms with E-state index in [4.69, 9.17) is 4.74 Å². The minimum atomic E-state index is 0.492. The van der Waals surface area contributed by atoms with Gasteiger partial charge in [0.2, 0.25) is 0 Å². The fraction of sp³-hybridized carbons (Fsp3) is 0.571. The first-order chi connectivity index (χ1) is 7.72. The quantitative estimate of drug-likeness (QED) is 0.844.